The van der Waals surface area contributed by atoms with Crippen LogP contribution in [0.15, 0.2) is 53.1 Å². The van der Waals surface area contributed by atoms with E-state index in [-0.39, 0.29) is 5.82 Å². The van der Waals surface area contributed by atoms with Crippen LogP contribution in [0.4, 0.5) is 4.39 Å². The highest BCUT2D eigenvalue weighted by Crippen LogP contribution is 2.25. The SMILES string of the molecule is NCCc1cccc2c1ccn2Cc1cccc(F)c1Br. The van der Waals surface area contributed by atoms with Crippen molar-refractivity contribution in [3.8, 4) is 0 Å². The van der Waals surface area contributed by atoms with Gasteiger partial charge in [-0.05, 0) is 58.2 Å². The maximum Gasteiger partial charge on any atom is 0.137 e. The molecule has 0 aliphatic rings. The number of nitrogens with zero attached hydrogens (tertiary/aromatic N) is 1. The van der Waals surface area contributed by atoms with E-state index in [1.54, 1.807) is 6.07 Å². The average molecular weight is 347 g/mol. The Morgan fingerprint density at radius 2 is 1.81 bits per heavy atom. The van der Waals surface area contributed by atoms with Crippen LogP contribution in [-0.4, -0.2) is 11.1 Å². The molecule has 4 heteroatoms. The molecule has 1 heterocycles. The smallest absolute Gasteiger partial charge is 0.137 e. The van der Waals surface area contributed by atoms with E-state index in [0.29, 0.717) is 17.6 Å². The fourth-order valence-corrected chi connectivity index (χ4v) is 3.04. The predicted molar refractivity (Wildman–Crippen MR) is 87.9 cm³/mol. The van der Waals surface area contributed by atoms with Gasteiger partial charge < -0.3 is 10.3 Å². The zero-order chi connectivity index (χ0) is 14.8. The molecule has 0 radical (unpaired) electrons. The lowest BCUT2D eigenvalue weighted by Crippen LogP contribution is -2.03. The maximum absolute atomic E-state index is 13.6. The van der Waals surface area contributed by atoms with Gasteiger partial charge in [0.25, 0.3) is 0 Å². The van der Waals surface area contributed by atoms with Gasteiger partial charge in [-0.1, -0.05) is 24.3 Å². The maximum atomic E-state index is 13.6. The molecular weight excluding hydrogens is 331 g/mol. The lowest BCUT2D eigenvalue weighted by molar-refractivity contribution is 0.616. The second-order valence-corrected chi connectivity index (χ2v) is 5.84. The van der Waals surface area contributed by atoms with Crippen LogP contribution >= 0.6 is 15.9 Å². The molecule has 3 rings (SSSR count). The van der Waals surface area contributed by atoms with Gasteiger partial charge in [0.05, 0.1) is 4.47 Å². The third-order valence-corrected chi connectivity index (χ3v) is 4.58. The Hall–Kier alpha value is -1.65. The van der Waals surface area contributed by atoms with Crippen molar-refractivity contribution in [3.05, 3.63) is 70.1 Å². The van der Waals surface area contributed by atoms with Gasteiger partial charge in [-0.25, -0.2) is 4.39 Å². The summed E-state index contributed by atoms with van der Waals surface area (Å²) in [5, 5.41) is 1.22. The van der Waals surface area contributed by atoms with Crippen LogP contribution in [0.2, 0.25) is 0 Å². The van der Waals surface area contributed by atoms with Crippen LogP contribution in [0.25, 0.3) is 10.9 Å². The number of fused-ring (bicyclic) bond motifs is 1. The summed E-state index contributed by atoms with van der Waals surface area (Å²) in [4.78, 5) is 0. The van der Waals surface area contributed by atoms with Gasteiger partial charge in [-0.2, -0.15) is 0 Å². The Balaban J connectivity index is 2.02. The summed E-state index contributed by atoms with van der Waals surface area (Å²) >= 11 is 3.32. The van der Waals surface area contributed by atoms with Gasteiger partial charge in [-0.3, -0.25) is 0 Å². The second-order valence-electron chi connectivity index (χ2n) is 5.05. The number of benzene rings is 2. The number of rotatable bonds is 4. The van der Waals surface area contributed by atoms with Crippen LogP contribution in [0.1, 0.15) is 11.1 Å². The van der Waals surface area contributed by atoms with Crippen LogP contribution in [0.5, 0.6) is 0 Å². The zero-order valence-electron chi connectivity index (χ0n) is 11.5. The normalized spacial score (nSPS) is 11.2. The quantitative estimate of drug-likeness (QED) is 0.757. The molecule has 0 saturated carbocycles. The Morgan fingerprint density at radius 1 is 1.05 bits per heavy atom. The first kappa shape index (κ1) is 14.3. The van der Waals surface area contributed by atoms with E-state index >= 15 is 0 Å². The van der Waals surface area contributed by atoms with Crippen molar-refractivity contribution >= 4 is 26.8 Å². The summed E-state index contributed by atoms with van der Waals surface area (Å²) in [7, 11) is 0. The molecule has 2 nitrogen and oxygen atoms in total. The second kappa shape index (κ2) is 6.00. The van der Waals surface area contributed by atoms with Crippen LogP contribution in [0.3, 0.4) is 0 Å². The molecule has 21 heavy (non-hydrogen) atoms. The monoisotopic (exact) mass is 346 g/mol. The first-order valence-electron chi connectivity index (χ1n) is 6.90. The van der Waals surface area contributed by atoms with Crippen molar-refractivity contribution in [2.24, 2.45) is 5.73 Å². The van der Waals surface area contributed by atoms with Crippen LogP contribution in [0, 0.1) is 5.82 Å². The van der Waals surface area contributed by atoms with Crippen molar-refractivity contribution in [3.63, 3.8) is 0 Å². The predicted octanol–water partition coefficient (Wildman–Crippen LogP) is 4.09. The average Bonchev–Trinajstić information content (AvgIpc) is 2.89. The van der Waals surface area contributed by atoms with Gasteiger partial charge in [0.1, 0.15) is 5.82 Å². The highest BCUT2D eigenvalue weighted by molar-refractivity contribution is 9.10. The number of halogens is 2. The highest BCUT2D eigenvalue weighted by atomic mass is 79.9. The molecular formula is C17H16BrFN2. The van der Waals surface area contributed by atoms with Crippen LogP contribution < -0.4 is 5.73 Å². The Kier molecular flexibility index (Phi) is 4.08. The van der Waals surface area contributed by atoms with E-state index in [2.05, 4.69) is 38.7 Å². The molecule has 0 unspecified atom stereocenters. The summed E-state index contributed by atoms with van der Waals surface area (Å²) < 4.78 is 16.3. The van der Waals surface area contributed by atoms with Crippen molar-refractivity contribution in [2.45, 2.75) is 13.0 Å². The molecule has 0 aliphatic heterocycles. The Labute approximate surface area is 131 Å². The van der Waals surface area contributed by atoms with E-state index in [9.17, 15) is 4.39 Å². The fourth-order valence-electron chi connectivity index (χ4n) is 2.65. The molecule has 2 aromatic carbocycles. The molecule has 0 amide bonds. The molecule has 0 spiro atoms. The topological polar surface area (TPSA) is 30.9 Å². The van der Waals surface area contributed by atoms with Gasteiger partial charge in [0.15, 0.2) is 0 Å². The summed E-state index contributed by atoms with van der Waals surface area (Å²) in [5.41, 5.74) is 9.00. The summed E-state index contributed by atoms with van der Waals surface area (Å²) in [6, 6.07) is 13.5. The van der Waals surface area contributed by atoms with Crippen molar-refractivity contribution in [1.29, 1.82) is 0 Å². The minimum Gasteiger partial charge on any atom is -0.343 e. The standard InChI is InChI=1S/C17H16BrFN2/c18-17-13(4-1-5-15(17)19)11-21-10-8-14-12(7-9-20)3-2-6-16(14)21/h1-6,8,10H,7,9,11,20H2. The number of hydrogen-bond acceptors (Lipinski definition) is 1. The Morgan fingerprint density at radius 3 is 2.62 bits per heavy atom. The Bertz CT molecular complexity index is 780. The van der Waals surface area contributed by atoms with Crippen molar-refractivity contribution in [2.75, 3.05) is 6.54 Å². The van der Waals surface area contributed by atoms with E-state index < -0.39 is 0 Å². The summed E-state index contributed by atoms with van der Waals surface area (Å²) in [6.45, 7) is 1.27. The highest BCUT2D eigenvalue weighted by Gasteiger charge is 2.09. The zero-order valence-corrected chi connectivity index (χ0v) is 13.1. The first-order valence-corrected chi connectivity index (χ1v) is 7.69. The van der Waals surface area contributed by atoms with Gasteiger partial charge in [-0.15, -0.1) is 0 Å². The number of nitrogens with two attached hydrogens (primary N) is 1. The van der Waals surface area contributed by atoms with Crippen molar-refractivity contribution in [1.82, 2.24) is 4.57 Å². The summed E-state index contributed by atoms with van der Waals surface area (Å²) in [5.74, 6) is -0.229. The molecule has 0 bridgehead atoms. The van der Waals surface area contributed by atoms with E-state index in [0.717, 1.165) is 17.5 Å². The largest absolute Gasteiger partial charge is 0.343 e. The molecule has 0 fully saturated rings. The third kappa shape index (κ3) is 2.74. The lowest BCUT2D eigenvalue weighted by atomic mass is 10.1. The first-order chi connectivity index (χ1) is 10.2. The van der Waals surface area contributed by atoms with E-state index in [1.165, 1.54) is 17.0 Å². The van der Waals surface area contributed by atoms with Gasteiger partial charge >= 0.3 is 0 Å². The lowest BCUT2D eigenvalue weighted by Gasteiger charge is -2.09. The number of aromatic nitrogens is 1. The van der Waals surface area contributed by atoms with Crippen LogP contribution in [-0.2, 0) is 13.0 Å². The molecule has 2 N–H and O–H groups in total. The molecule has 1 aromatic heterocycles. The number of hydrogen-bond donors (Lipinski definition) is 1. The van der Waals surface area contributed by atoms with Crippen molar-refractivity contribution < 1.29 is 4.39 Å². The molecule has 108 valence electrons. The minimum atomic E-state index is -0.229. The fraction of sp³-hybridized carbons (Fsp3) is 0.176. The molecule has 0 saturated heterocycles. The molecule has 0 atom stereocenters. The summed E-state index contributed by atoms with van der Waals surface area (Å²) in [6.07, 6.45) is 2.91. The molecule has 3 aromatic rings. The van der Waals surface area contributed by atoms with E-state index in [4.69, 9.17) is 5.73 Å². The molecule has 0 aliphatic carbocycles. The minimum absolute atomic E-state index is 0.229. The van der Waals surface area contributed by atoms with Gasteiger partial charge in [0, 0.05) is 23.6 Å². The van der Waals surface area contributed by atoms with E-state index in [1.807, 2.05) is 18.3 Å². The van der Waals surface area contributed by atoms with Gasteiger partial charge in [0.2, 0.25) is 0 Å². The third-order valence-electron chi connectivity index (χ3n) is 3.69.